The fourth-order valence-corrected chi connectivity index (χ4v) is 1.99. The van der Waals surface area contributed by atoms with Crippen molar-refractivity contribution in [3.05, 3.63) is 35.9 Å². The lowest BCUT2D eigenvalue weighted by atomic mass is 10.0. The monoisotopic (exact) mass is 300 g/mol. The molecule has 0 heterocycles. The molecule has 1 aromatic carbocycles. The highest BCUT2D eigenvalue weighted by Gasteiger charge is 2.31. The van der Waals surface area contributed by atoms with Crippen molar-refractivity contribution in [2.45, 2.75) is 26.1 Å². The van der Waals surface area contributed by atoms with E-state index in [4.69, 9.17) is 4.74 Å². The largest absolute Gasteiger partial charge is 0.573 e. The number of carbonyl (C=O) groups is 1. The number of rotatable bonds is 5. The first-order chi connectivity index (χ1) is 9.89. The van der Waals surface area contributed by atoms with Gasteiger partial charge < -0.3 is 9.47 Å². The Hall–Kier alpha value is -1.98. The SMILES string of the molecule is CCOC(=O)/C=C(\c1ccc(OC(F)(F)F)cc1)C1CC1. The molecule has 0 aliphatic heterocycles. The van der Waals surface area contributed by atoms with E-state index in [1.54, 1.807) is 6.92 Å². The lowest BCUT2D eigenvalue weighted by Gasteiger charge is -2.10. The van der Waals surface area contributed by atoms with E-state index in [9.17, 15) is 18.0 Å². The van der Waals surface area contributed by atoms with Crippen molar-refractivity contribution in [3.63, 3.8) is 0 Å². The van der Waals surface area contributed by atoms with Crippen LogP contribution in [0.15, 0.2) is 30.3 Å². The van der Waals surface area contributed by atoms with E-state index < -0.39 is 12.3 Å². The summed E-state index contributed by atoms with van der Waals surface area (Å²) >= 11 is 0. The number of esters is 1. The predicted molar refractivity (Wildman–Crippen MR) is 70.5 cm³/mol. The van der Waals surface area contributed by atoms with E-state index in [2.05, 4.69) is 4.74 Å². The zero-order valence-electron chi connectivity index (χ0n) is 11.4. The lowest BCUT2D eigenvalue weighted by Crippen LogP contribution is -2.17. The molecule has 21 heavy (non-hydrogen) atoms. The second-order valence-corrected chi connectivity index (χ2v) is 4.70. The average molecular weight is 300 g/mol. The predicted octanol–water partition coefficient (Wildman–Crippen LogP) is 3.94. The molecule has 0 bridgehead atoms. The van der Waals surface area contributed by atoms with Crippen molar-refractivity contribution in [1.82, 2.24) is 0 Å². The second-order valence-electron chi connectivity index (χ2n) is 4.70. The molecule has 1 aliphatic rings. The summed E-state index contributed by atoms with van der Waals surface area (Å²) in [5.41, 5.74) is 1.51. The molecule has 1 aromatic rings. The van der Waals surface area contributed by atoms with Crippen molar-refractivity contribution in [2.24, 2.45) is 5.92 Å². The summed E-state index contributed by atoms with van der Waals surface area (Å²) in [5, 5.41) is 0. The average Bonchev–Trinajstić information content (AvgIpc) is 3.20. The van der Waals surface area contributed by atoms with Gasteiger partial charge in [-0.25, -0.2) is 4.79 Å². The van der Waals surface area contributed by atoms with Gasteiger partial charge in [0.25, 0.3) is 0 Å². The minimum atomic E-state index is -4.71. The van der Waals surface area contributed by atoms with Crippen molar-refractivity contribution < 1.29 is 27.4 Å². The van der Waals surface area contributed by atoms with Crippen LogP contribution in [0.1, 0.15) is 25.3 Å². The van der Waals surface area contributed by atoms with Crippen molar-refractivity contribution >= 4 is 11.5 Å². The van der Waals surface area contributed by atoms with Crippen LogP contribution in [-0.2, 0) is 9.53 Å². The van der Waals surface area contributed by atoms with Crippen molar-refractivity contribution in [1.29, 1.82) is 0 Å². The number of benzene rings is 1. The summed E-state index contributed by atoms with van der Waals surface area (Å²) in [6.45, 7) is 2.00. The molecule has 0 amide bonds. The van der Waals surface area contributed by atoms with Crippen LogP contribution in [0.5, 0.6) is 5.75 Å². The molecule has 2 rings (SSSR count). The highest BCUT2D eigenvalue weighted by Crippen LogP contribution is 2.42. The summed E-state index contributed by atoms with van der Waals surface area (Å²) in [5.74, 6) is -0.448. The zero-order chi connectivity index (χ0) is 15.5. The maximum atomic E-state index is 12.1. The van der Waals surface area contributed by atoms with Gasteiger partial charge in [-0.2, -0.15) is 0 Å². The van der Waals surface area contributed by atoms with Crippen LogP contribution in [-0.4, -0.2) is 18.9 Å². The molecular weight excluding hydrogens is 285 g/mol. The Balaban J connectivity index is 2.16. The summed E-state index contributed by atoms with van der Waals surface area (Å²) < 4.78 is 45.0. The summed E-state index contributed by atoms with van der Waals surface area (Å²) in [7, 11) is 0. The van der Waals surface area contributed by atoms with Gasteiger partial charge in [0.15, 0.2) is 0 Å². The maximum Gasteiger partial charge on any atom is 0.573 e. The summed E-state index contributed by atoms with van der Waals surface area (Å²) in [6, 6.07) is 5.52. The Morgan fingerprint density at radius 3 is 2.38 bits per heavy atom. The molecule has 0 atom stereocenters. The molecule has 0 aromatic heterocycles. The van der Waals surface area contributed by atoms with Gasteiger partial charge in [0, 0.05) is 6.08 Å². The van der Waals surface area contributed by atoms with Crippen molar-refractivity contribution in [3.8, 4) is 5.75 Å². The topological polar surface area (TPSA) is 35.5 Å². The first-order valence-electron chi connectivity index (χ1n) is 6.63. The molecule has 0 unspecified atom stereocenters. The fraction of sp³-hybridized carbons (Fsp3) is 0.400. The smallest absolute Gasteiger partial charge is 0.463 e. The van der Waals surface area contributed by atoms with Gasteiger partial charge in [-0.15, -0.1) is 13.2 Å². The van der Waals surface area contributed by atoms with Crippen molar-refractivity contribution in [2.75, 3.05) is 6.61 Å². The lowest BCUT2D eigenvalue weighted by molar-refractivity contribution is -0.274. The first-order valence-corrected chi connectivity index (χ1v) is 6.63. The molecule has 0 spiro atoms. The van der Waals surface area contributed by atoms with Crippen LogP contribution in [0.2, 0.25) is 0 Å². The molecule has 1 fully saturated rings. The van der Waals surface area contributed by atoms with Gasteiger partial charge in [0.05, 0.1) is 6.61 Å². The fourth-order valence-electron chi connectivity index (χ4n) is 1.99. The minimum Gasteiger partial charge on any atom is -0.463 e. The zero-order valence-corrected chi connectivity index (χ0v) is 11.4. The molecule has 0 radical (unpaired) electrons. The Labute approximate surface area is 120 Å². The van der Waals surface area contributed by atoms with E-state index in [-0.39, 0.29) is 18.3 Å². The van der Waals surface area contributed by atoms with E-state index in [0.717, 1.165) is 18.4 Å². The Bertz CT molecular complexity index is 528. The number of hydrogen-bond donors (Lipinski definition) is 0. The van der Waals surface area contributed by atoms with Crippen LogP contribution in [0, 0.1) is 5.92 Å². The van der Waals surface area contributed by atoms with Crippen LogP contribution < -0.4 is 4.74 Å². The number of alkyl halides is 3. The normalized spacial score (nSPS) is 15.7. The third kappa shape index (κ3) is 4.81. The molecule has 114 valence electrons. The second kappa shape index (κ2) is 6.20. The van der Waals surface area contributed by atoms with Crippen LogP contribution >= 0.6 is 0 Å². The molecular formula is C15H15F3O3. The molecule has 1 aliphatic carbocycles. The van der Waals surface area contributed by atoms with Gasteiger partial charge in [-0.05, 0) is 49.0 Å². The standard InChI is InChI=1S/C15H15F3O3/c1-2-20-14(19)9-13(10-3-4-10)11-5-7-12(8-6-11)21-15(16,17)18/h5-10H,2-4H2,1H3/b13-9-. The van der Waals surface area contributed by atoms with Gasteiger partial charge in [-0.3, -0.25) is 0 Å². The summed E-state index contributed by atoms with van der Waals surface area (Å²) in [6.07, 6.45) is -1.36. The number of hydrogen-bond acceptors (Lipinski definition) is 3. The number of carbonyl (C=O) groups excluding carboxylic acids is 1. The number of ether oxygens (including phenoxy) is 2. The van der Waals surface area contributed by atoms with Crippen LogP contribution in [0.3, 0.4) is 0 Å². The van der Waals surface area contributed by atoms with E-state index in [1.165, 1.54) is 30.3 Å². The molecule has 0 N–H and O–H groups in total. The van der Waals surface area contributed by atoms with E-state index in [0.29, 0.717) is 5.56 Å². The van der Waals surface area contributed by atoms with Gasteiger partial charge in [0.1, 0.15) is 5.75 Å². The number of halogens is 3. The van der Waals surface area contributed by atoms with Crippen LogP contribution in [0.4, 0.5) is 13.2 Å². The minimum absolute atomic E-state index is 0.267. The van der Waals surface area contributed by atoms with Gasteiger partial charge in [0.2, 0.25) is 0 Å². The van der Waals surface area contributed by atoms with E-state index in [1.807, 2.05) is 0 Å². The number of allylic oxidation sites excluding steroid dienone is 1. The molecule has 3 nitrogen and oxygen atoms in total. The maximum absolute atomic E-state index is 12.1. The van der Waals surface area contributed by atoms with Gasteiger partial charge in [-0.1, -0.05) is 12.1 Å². The first kappa shape index (κ1) is 15.4. The third-order valence-electron chi connectivity index (χ3n) is 3.00. The van der Waals surface area contributed by atoms with E-state index >= 15 is 0 Å². The molecule has 1 saturated carbocycles. The van der Waals surface area contributed by atoms with Crippen LogP contribution in [0.25, 0.3) is 5.57 Å². The molecule has 6 heteroatoms. The highest BCUT2D eigenvalue weighted by molar-refractivity contribution is 5.92. The Morgan fingerprint density at radius 1 is 1.29 bits per heavy atom. The quantitative estimate of drug-likeness (QED) is 0.610. The highest BCUT2D eigenvalue weighted by atomic mass is 19.4. The Morgan fingerprint density at radius 2 is 1.90 bits per heavy atom. The van der Waals surface area contributed by atoms with Gasteiger partial charge >= 0.3 is 12.3 Å². The summed E-state index contributed by atoms with van der Waals surface area (Å²) in [4.78, 5) is 11.5. The molecule has 0 saturated heterocycles. The Kier molecular flexibility index (Phi) is 4.55. The third-order valence-corrected chi connectivity index (χ3v) is 3.00.